The molecular formula is C24H24N6O3S. The van der Waals surface area contributed by atoms with Gasteiger partial charge >= 0.3 is 0 Å². The number of fused-ring (bicyclic) bond motifs is 1. The summed E-state index contributed by atoms with van der Waals surface area (Å²) < 4.78 is 34.2. The Bertz CT molecular complexity index is 1410. The van der Waals surface area contributed by atoms with Crippen LogP contribution in [-0.4, -0.2) is 43.4 Å². The van der Waals surface area contributed by atoms with Crippen molar-refractivity contribution in [3.05, 3.63) is 72.6 Å². The highest BCUT2D eigenvalue weighted by atomic mass is 32.2. The molecule has 2 aromatic carbocycles. The van der Waals surface area contributed by atoms with Gasteiger partial charge in [-0.15, -0.1) is 0 Å². The fraction of sp³-hybridized carbons (Fsp3) is 0.208. The Morgan fingerprint density at radius 3 is 2.47 bits per heavy atom. The molecule has 174 valence electrons. The number of aromatic nitrogens is 3. The lowest BCUT2D eigenvalue weighted by atomic mass is 10.2. The van der Waals surface area contributed by atoms with Crippen molar-refractivity contribution >= 4 is 26.7 Å². The molecule has 0 aliphatic carbocycles. The number of anilines is 1. The topological polar surface area (TPSA) is 122 Å². The Balaban J connectivity index is 1.36. The van der Waals surface area contributed by atoms with Gasteiger partial charge in [-0.05, 0) is 49.2 Å². The number of nitriles is 1. The zero-order valence-electron chi connectivity index (χ0n) is 18.6. The van der Waals surface area contributed by atoms with E-state index in [2.05, 4.69) is 26.2 Å². The number of unbranched alkanes of at least 4 members (excludes halogenated alkanes) is 1. The second kappa shape index (κ2) is 10.3. The van der Waals surface area contributed by atoms with Crippen LogP contribution in [0.2, 0.25) is 0 Å². The average Bonchev–Trinajstić information content (AvgIpc) is 3.31. The molecule has 34 heavy (non-hydrogen) atoms. The number of sulfonamides is 1. The van der Waals surface area contributed by atoms with Crippen molar-refractivity contribution in [2.45, 2.75) is 17.7 Å². The standard InChI is InChI=1S/C24H24N6O3S/c1-33-20-9-11-21(12-10-20)34(31,32)29-14-6-5-13-26-23-18(15-25)16-27-24-22(23)17-28-30(24)19-7-3-2-4-8-19/h2-4,7-12,16-17,29H,5-6,13-14H2,1H3,(H,26,27). The molecule has 0 aliphatic heterocycles. The maximum Gasteiger partial charge on any atom is 0.240 e. The zero-order valence-corrected chi connectivity index (χ0v) is 19.4. The van der Waals surface area contributed by atoms with Gasteiger partial charge < -0.3 is 10.1 Å². The van der Waals surface area contributed by atoms with Crippen LogP contribution in [-0.2, 0) is 10.0 Å². The molecule has 0 saturated heterocycles. The SMILES string of the molecule is COc1ccc(S(=O)(=O)NCCCCNc2c(C#N)cnc3c2cnn3-c2ccccc2)cc1. The lowest BCUT2D eigenvalue weighted by molar-refractivity contribution is 0.414. The summed E-state index contributed by atoms with van der Waals surface area (Å²) in [5.74, 6) is 0.598. The van der Waals surface area contributed by atoms with E-state index < -0.39 is 10.0 Å². The summed E-state index contributed by atoms with van der Waals surface area (Å²) in [5, 5.41) is 18.0. The van der Waals surface area contributed by atoms with Crippen molar-refractivity contribution in [2.75, 3.05) is 25.5 Å². The number of rotatable bonds is 10. The largest absolute Gasteiger partial charge is 0.497 e. The van der Waals surface area contributed by atoms with Gasteiger partial charge in [0.15, 0.2) is 5.65 Å². The first-order valence-electron chi connectivity index (χ1n) is 10.7. The molecule has 4 rings (SSSR count). The third-order valence-electron chi connectivity index (χ3n) is 5.29. The molecule has 2 N–H and O–H groups in total. The molecule has 0 spiro atoms. The molecule has 9 nitrogen and oxygen atoms in total. The fourth-order valence-corrected chi connectivity index (χ4v) is 4.59. The zero-order chi connectivity index (χ0) is 24.0. The molecule has 10 heteroatoms. The van der Waals surface area contributed by atoms with Gasteiger partial charge in [-0.1, -0.05) is 18.2 Å². The van der Waals surface area contributed by atoms with E-state index in [1.165, 1.54) is 25.4 Å². The van der Waals surface area contributed by atoms with Crippen LogP contribution in [0.5, 0.6) is 5.75 Å². The molecule has 0 unspecified atom stereocenters. The average molecular weight is 477 g/mol. The van der Waals surface area contributed by atoms with E-state index in [-0.39, 0.29) is 4.90 Å². The number of ether oxygens (including phenoxy) is 1. The number of methoxy groups -OCH3 is 1. The Kier molecular flexibility index (Phi) is 7.06. The van der Waals surface area contributed by atoms with Gasteiger partial charge in [0.25, 0.3) is 0 Å². The quantitative estimate of drug-likeness (QED) is 0.336. The Morgan fingerprint density at radius 1 is 1.03 bits per heavy atom. The fourth-order valence-electron chi connectivity index (χ4n) is 3.52. The lowest BCUT2D eigenvalue weighted by Gasteiger charge is -2.11. The highest BCUT2D eigenvalue weighted by Crippen LogP contribution is 2.27. The third kappa shape index (κ3) is 5.01. The molecule has 4 aromatic rings. The van der Waals surface area contributed by atoms with E-state index in [1.54, 1.807) is 23.0 Å². The molecule has 2 aromatic heterocycles. The van der Waals surface area contributed by atoms with Gasteiger partial charge in [0, 0.05) is 19.3 Å². The number of hydrogen-bond donors (Lipinski definition) is 2. The Morgan fingerprint density at radius 2 is 1.76 bits per heavy atom. The monoisotopic (exact) mass is 476 g/mol. The van der Waals surface area contributed by atoms with E-state index in [1.807, 2.05) is 30.3 Å². The lowest BCUT2D eigenvalue weighted by Crippen LogP contribution is -2.25. The van der Waals surface area contributed by atoms with Crippen molar-refractivity contribution in [3.63, 3.8) is 0 Å². The van der Waals surface area contributed by atoms with Gasteiger partial charge in [0.1, 0.15) is 11.8 Å². The van der Waals surface area contributed by atoms with E-state index >= 15 is 0 Å². The molecule has 0 aliphatic rings. The van der Waals surface area contributed by atoms with Crippen molar-refractivity contribution in [2.24, 2.45) is 0 Å². The minimum atomic E-state index is -3.58. The summed E-state index contributed by atoms with van der Waals surface area (Å²) in [5.41, 5.74) is 2.64. The van der Waals surface area contributed by atoms with E-state index in [4.69, 9.17) is 4.74 Å². The number of nitrogens with zero attached hydrogens (tertiary/aromatic N) is 4. The van der Waals surface area contributed by atoms with Crippen LogP contribution in [0.4, 0.5) is 5.69 Å². The molecule has 0 bridgehead atoms. The minimum Gasteiger partial charge on any atom is -0.497 e. The van der Waals surface area contributed by atoms with Gasteiger partial charge in [-0.3, -0.25) is 0 Å². The third-order valence-corrected chi connectivity index (χ3v) is 6.76. The minimum absolute atomic E-state index is 0.194. The maximum absolute atomic E-state index is 12.4. The molecule has 0 fully saturated rings. The molecule has 2 heterocycles. The second-order valence-corrected chi connectivity index (χ2v) is 9.26. The molecule has 0 radical (unpaired) electrons. The first kappa shape index (κ1) is 23.2. The van der Waals surface area contributed by atoms with Crippen LogP contribution in [0, 0.1) is 11.3 Å². The summed E-state index contributed by atoms with van der Waals surface area (Å²) in [4.78, 5) is 4.62. The first-order valence-corrected chi connectivity index (χ1v) is 12.2. The highest BCUT2D eigenvalue weighted by Gasteiger charge is 2.15. The van der Waals surface area contributed by atoms with Crippen LogP contribution < -0.4 is 14.8 Å². The van der Waals surface area contributed by atoms with Crippen molar-refractivity contribution in [3.8, 4) is 17.5 Å². The second-order valence-electron chi connectivity index (χ2n) is 7.50. The maximum atomic E-state index is 12.4. The highest BCUT2D eigenvalue weighted by molar-refractivity contribution is 7.89. The number of pyridine rings is 1. The van der Waals surface area contributed by atoms with Gasteiger partial charge in [0.2, 0.25) is 10.0 Å². The predicted octanol–water partition coefficient (Wildman–Crippen LogP) is 3.47. The van der Waals surface area contributed by atoms with Crippen LogP contribution in [0.3, 0.4) is 0 Å². The summed E-state index contributed by atoms with van der Waals surface area (Å²) in [6, 6.07) is 18.1. The smallest absolute Gasteiger partial charge is 0.240 e. The van der Waals surface area contributed by atoms with Gasteiger partial charge in [-0.25, -0.2) is 22.8 Å². The molecule has 0 saturated carbocycles. The van der Waals surface area contributed by atoms with Crippen molar-refractivity contribution in [1.82, 2.24) is 19.5 Å². The van der Waals surface area contributed by atoms with Crippen LogP contribution in [0.1, 0.15) is 18.4 Å². The molecule has 0 atom stereocenters. The van der Waals surface area contributed by atoms with Gasteiger partial charge in [-0.2, -0.15) is 10.4 Å². The number of para-hydroxylation sites is 1. The summed E-state index contributed by atoms with van der Waals surface area (Å²) in [6.07, 6.45) is 4.56. The number of benzene rings is 2. The number of nitrogens with one attached hydrogen (secondary N) is 2. The first-order chi connectivity index (χ1) is 16.5. The normalized spacial score (nSPS) is 11.3. The number of hydrogen-bond acceptors (Lipinski definition) is 7. The molecule has 0 amide bonds. The van der Waals surface area contributed by atoms with Gasteiger partial charge in [0.05, 0.1) is 40.5 Å². The summed E-state index contributed by atoms with van der Waals surface area (Å²) >= 11 is 0. The van der Waals surface area contributed by atoms with E-state index in [0.29, 0.717) is 48.6 Å². The molecular weight excluding hydrogens is 452 g/mol. The van der Waals surface area contributed by atoms with Crippen LogP contribution >= 0.6 is 0 Å². The van der Waals surface area contributed by atoms with Crippen LogP contribution in [0.15, 0.2) is 71.9 Å². The van der Waals surface area contributed by atoms with E-state index in [9.17, 15) is 13.7 Å². The summed E-state index contributed by atoms with van der Waals surface area (Å²) in [6.45, 7) is 0.868. The van der Waals surface area contributed by atoms with Crippen molar-refractivity contribution in [1.29, 1.82) is 5.26 Å². The summed E-state index contributed by atoms with van der Waals surface area (Å²) in [7, 11) is -2.05. The van der Waals surface area contributed by atoms with E-state index in [0.717, 1.165) is 11.1 Å². The Hall–Kier alpha value is -3.94. The van der Waals surface area contributed by atoms with Crippen molar-refractivity contribution < 1.29 is 13.2 Å². The predicted molar refractivity (Wildman–Crippen MR) is 129 cm³/mol. The Labute approximate surface area is 198 Å². The van der Waals surface area contributed by atoms with Crippen LogP contribution in [0.25, 0.3) is 16.7 Å².